The van der Waals surface area contributed by atoms with Gasteiger partial charge in [-0.25, -0.2) is 9.37 Å². The summed E-state index contributed by atoms with van der Waals surface area (Å²) in [4.78, 5) is 11.0. The number of rotatable bonds is 3. The van der Waals surface area contributed by atoms with Crippen LogP contribution in [0.4, 0.5) is 4.39 Å². The highest BCUT2D eigenvalue weighted by Crippen LogP contribution is 2.29. The fourth-order valence-corrected chi connectivity index (χ4v) is 3.83. The number of hydrogen-bond acceptors (Lipinski definition) is 3. The van der Waals surface area contributed by atoms with Gasteiger partial charge < -0.3 is 4.57 Å². The molecular weight excluding hydrogens is 351 g/mol. The number of pyridine rings is 1. The molecule has 5 heteroatoms. The molecule has 3 aromatic rings. The molecule has 4 rings (SSSR count). The molecule has 1 aliphatic heterocycles. The maximum atomic E-state index is 14.0. The van der Waals surface area contributed by atoms with Gasteiger partial charge in [-0.05, 0) is 17.0 Å². The molecule has 0 radical (unpaired) electrons. The van der Waals surface area contributed by atoms with Gasteiger partial charge >= 0.3 is 0 Å². The van der Waals surface area contributed by atoms with E-state index in [9.17, 15) is 4.39 Å². The van der Waals surface area contributed by atoms with E-state index in [1.807, 2.05) is 0 Å². The number of nitrogens with zero attached hydrogens (tertiary/aromatic N) is 4. The Bertz CT molecular complexity index is 983. The van der Waals surface area contributed by atoms with Crippen LogP contribution in [0.1, 0.15) is 43.3 Å². The lowest BCUT2D eigenvalue weighted by atomic mass is 9.87. The van der Waals surface area contributed by atoms with Crippen LogP contribution in [0.25, 0.3) is 11.4 Å². The van der Waals surface area contributed by atoms with Crippen LogP contribution in [0, 0.1) is 5.82 Å². The Morgan fingerprint density at radius 2 is 1.86 bits per heavy atom. The van der Waals surface area contributed by atoms with Crippen LogP contribution in [0.15, 0.2) is 42.7 Å². The maximum absolute atomic E-state index is 14.0. The number of halogens is 1. The zero-order valence-corrected chi connectivity index (χ0v) is 17.0. The van der Waals surface area contributed by atoms with Crippen molar-refractivity contribution in [2.24, 2.45) is 7.05 Å². The van der Waals surface area contributed by atoms with Crippen molar-refractivity contribution in [2.75, 3.05) is 6.54 Å². The third-order valence-electron chi connectivity index (χ3n) is 5.59. The van der Waals surface area contributed by atoms with Gasteiger partial charge in [0.2, 0.25) is 0 Å². The Morgan fingerprint density at radius 3 is 2.54 bits per heavy atom. The molecule has 0 fully saturated rings. The average molecular weight is 378 g/mol. The molecule has 0 N–H and O–H groups in total. The van der Waals surface area contributed by atoms with Gasteiger partial charge in [0.25, 0.3) is 0 Å². The van der Waals surface area contributed by atoms with Gasteiger partial charge in [0, 0.05) is 50.4 Å². The van der Waals surface area contributed by atoms with Gasteiger partial charge in [-0.1, -0.05) is 45.0 Å². The molecule has 2 aromatic heterocycles. The van der Waals surface area contributed by atoms with Crippen molar-refractivity contribution in [2.45, 2.75) is 45.7 Å². The van der Waals surface area contributed by atoms with Crippen molar-refractivity contribution < 1.29 is 4.39 Å². The molecule has 0 aliphatic carbocycles. The largest absolute Gasteiger partial charge is 0.330 e. The van der Waals surface area contributed by atoms with Gasteiger partial charge in [-0.2, -0.15) is 0 Å². The molecule has 1 aromatic carbocycles. The summed E-state index contributed by atoms with van der Waals surface area (Å²) in [5, 5.41) is 0. The Morgan fingerprint density at radius 1 is 1.11 bits per heavy atom. The van der Waals surface area contributed by atoms with Gasteiger partial charge in [0.05, 0.1) is 17.6 Å². The molecule has 0 bridgehead atoms. The van der Waals surface area contributed by atoms with Crippen LogP contribution in [0.3, 0.4) is 0 Å². The third-order valence-corrected chi connectivity index (χ3v) is 5.59. The van der Waals surface area contributed by atoms with E-state index in [4.69, 9.17) is 4.98 Å². The zero-order valence-electron chi connectivity index (χ0n) is 17.0. The Labute approximate surface area is 166 Å². The summed E-state index contributed by atoms with van der Waals surface area (Å²) >= 11 is 0. The van der Waals surface area contributed by atoms with Crippen LogP contribution >= 0.6 is 0 Å². The summed E-state index contributed by atoms with van der Waals surface area (Å²) in [5.74, 6) is 0.764. The molecule has 3 heterocycles. The molecule has 0 spiro atoms. The van der Waals surface area contributed by atoms with Crippen LogP contribution < -0.4 is 0 Å². The smallest absolute Gasteiger partial charge is 0.145 e. The minimum Gasteiger partial charge on any atom is -0.330 e. The predicted molar refractivity (Wildman–Crippen MR) is 109 cm³/mol. The minimum absolute atomic E-state index is 0.141. The standard InChI is InChI=1S/C23H27FN4/c1-23(2,3)18-7-5-16(6-8-18)22-26-20-10-12-28(15-21(20)27(22)4)14-17-9-11-25-13-19(17)24/h5-9,11,13H,10,12,14-15H2,1-4H3. The molecule has 1 aliphatic rings. The highest BCUT2D eigenvalue weighted by atomic mass is 19.1. The summed E-state index contributed by atoms with van der Waals surface area (Å²) < 4.78 is 16.1. The Kier molecular flexibility index (Phi) is 4.79. The molecule has 0 amide bonds. The Balaban J connectivity index is 1.57. The molecule has 0 saturated carbocycles. The first kappa shape index (κ1) is 18.8. The van der Waals surface area contributed by atoms with Crippen molar-refractivity contribution in [3.63, 3.8) is 0 Å². The van der Waals surface area contributed by atoms with Gasteiger partial charge in [0.1, 0.15) is 11.6 Å². The first-order valence-corrected chi connectivity index (χ1v) is 9.79. The van der Waals surface area contributed by atoms with Crippen LogP contribution in [0.5, 0.6) is 0 Å². The molecule has 28 heavy (non-hydrogen) atoms. The van der Waals surface area contributed by atoms with Crippen molar-refractivity contribution >= 4 is 0 Å². The summed E-state index contributed by atoms with van der Waals surface area (Å²) in [7, 11) is 2.08. The van der Waals surface area contributed by atoms with E-state index in [2.05, 4.69) is 66.5 Å². The van der Waals surface area contributed by atoms with E-state index in [-0.39, 0.29) is 11.2 Å². The highest BCUT2D eigenvalue weighted by molar-refractivity contribution is 5.58. The number of imidazole rings is 1. The van der Waals surface area contributed by atoms with Gasteiger partial charge in [-0.15, -0.1) is 0 Å². The molecule has 0 atom stereocenters. The lowest BCUT2D eigenvalue weighted by molar-refractivity contribution is 0.235. The average Bonchev–Trinajstić information content (AvgIpc) is 2.99. The fourth-order valence-electron chi connectivity index (χ4n) is 3.83. The second kappa shape index (κ2) is 7.13. The first-order chi connectivity index (χ1) is 13.3. The second-order valence-electron chi connectivity index (χ2n) is 8.64. The minimum atomic E-state index is -0.238. The van der Waals surface area contributed by atoms with Crippen LogP contribution in [-0.4, -0.2) is 26.0 Å². The SMILES string of the molecule is Cn1c(-c2ccc(C(C)(C)C)cc2)nc2c1CN(Cc1ccncc1F)CC2. The lowest BCUT2D eigenvalue weighted by Gasteiger charge is -2.27. The quantitative estimate of drug-likeness (QED) is 0.674. The van der Waals surface area contributed by atoms with Crippen molar-refractivity contribution in [3.05, 3.63) is 71.1 Å². The van der Waals surface area contributed by atoms with E-state index in [0.29, 0.717) is 12.1 Å². The predicted octanol–water partition coefficient (Wildman–Crippen LogP) is 4.48. The van der Waals surface area contributed by atoms with E-state index in [0.717, 1.165) is 36.6 Å². The monoisotopic (exact) mass is 378 g/mol. The highest BCUT2D eigenvalue weighted by Gasteiger charge is 2.24. The number of aromatic nitrogens is 3. The van der Waals surface area contributed by atoms with Crippen LogP contribution in [0.2, 0.25) is 0 Å². The molecule has 0 saturated heterocycles. The first-order valence-electron chi connectivity index (χ1n) is 9.79. The molecule has 4 nitrogen and oxygen atoms in total. The molecular formula is C23H27FN4. The topological polar surface area (TPSA) is 34.0 Å². The molecule has 146 valence electrons. The van der Waals surface area contributed by atoms with E-state index < -0.39 is 0 Å². The third kappa shape index (κ3) is 3.59. The summed E-state index contributed by atoms with van der Waals surface area (Å²) in [6.07, 6.45) is 3.82. The number of benzene rings is 1. The maximum Gasteiger partial charge on any atom is 0.145 e. The second-order valence-corrected chi connectivity index (χ2v) is 8.64. The van der Waals surface area contributed by atoms with Crippen molar-refractivity contribution in [1.29, 1.82) is 0 Å². The fraction of sp³-hybridized carbons (Fsp3) is 0.391. The lowest BCUT2D eigenvalue weighted by Crippen LogP contribution is -2.31. The Hall–Kier alpha value is -2.53. The zero-order chi connectivity index (χ0) is 19.9. The van der Waals surface area contributed by atoms with E-state index in [1.54, 1.807) is 12.3 Å². The summed E-state index contributed by atoms with van der Waals surface area (Å²) in [6, 6.07) is 10.5. The summed E-state index contributed by atoms with van der Waals surface area (Å²) in [6.45, 7) is 8.93. The number of hydrogen-bond donors (Lipinski definition) is 0. The van der Waals surface area contributed by atoms with Crippen LogP contribution in [-0.2, 0) is 32.0 Å². The number of fused-ring (bicyclic) bond motifs is 1. The van der Waals surface area contributed by atoms with Gasteiger partial charge in [0.15, 0.2) is 0 Å². The van der Waals surface area contributed by atoms with Crippen molar-refractivity contribution in [3.8, 4) is 11.4 Å². The van der Waals surface area contributed by atoms with E-state index >= 15 is 0 Å². The van der Waals surface area contributed by atoms with Crippen molar-refractivity contribution in [1.82, 2.24) is 19.4 Å². The normalized spacial score (nSPS) is 14.9. The van der Waals surface area contributed by atoms with Gasteiger partial charge in [-0.3, -0.25) is 9.88 Å². The summed E-state index contributed by atoms with van der Waals surface area (Å²) in [5.41, 5.74) is 5.66. The van der Waals surface area contributed by atoms with E-state index in [1.165, 1.54) is 17.5 Å². The molecule has 0 unspecified atom stereocenters.